The van der Waals surface area contributed by atoms with Crippen LogP contribution in [0.25, 0.3) is 11.2 Å². The molecule has 25 heavy (non-hydrogen) atoms. The number of aromatic amines is 1. The third-order valence-corrected chi connectivity index (χ3v) is 5.49. The van der Waals surface area contributed by atoms with Gasteiger partial charge in [0.25, 0.3) is 0 Å². The maximum atomic E-state index is 11.0. The molecular weight excluding hydrogens is 316 g/mol. The van der Waals surface area contributed by atoms with Gasteiger partial charge in [-0.1, -0.05) is 25.0 Å². The van der Waals surface area contributed by atoms with Crippen molar-refractivity contribution in [2.24, 2.45) is 0 Å². The molecule has 1 saturated carbocycles. The number of nitrogen functional groups attached to an aromatic ring is 1. The van der Waals surface area contributed by atoms with Gasteiger partial charge < -0.3 is 20.7 Å². The SMILES string of the molecule is Nc1nc(N2CCc3ccc(C4(O)CCCC4)cc32)c2[nH]cnc2n1. The minimum Gasteiger partial charge on any atom is -0.385 e. The Morgan fingerprint density at radius 2 is 2.04 bits per heavy atom. The van der Waals surface area contributed by atoms with E-state index in [1.165, 1.54) is 5.56 Å². The van der Waals surface area contributed by atoms with Crippen molar-refractivity contribution in [2.75, 3.05) is 17.2 Å². The smallest absolute Gasteiger partial charge is 0.224 e. The number of H-pyrrole nitrogens is 1. The number of aliphatic hydroxyl groups is 1. The minimum atomic E-state index is -0.697. The zero-order valence-electron chi connectivity index (χ0n) is 13.9. The normalized spacial score (nSPS) is 18.8. The van der Waals surface area contributed by atoms with Gasteiger partial charge in [-0.2, -0.15) is 9.97 Å². The number of nitrogens with zero attached hydrogens (tertiary/aromatic N) is 4. The molecular formula is C18H20N6O. The number of fused-ring (bicyclic) bond motifs is 2. The fraction of sp³-hybridized carbons (Fsp3) is 0.389. The molecule has 0 saturated heterocycles. The lowest BCUT2D eigenvalue weighted by Gasteiger charge is -2.25. The zero-order chi connectivity index (χ0) is 17.0. The van der Waals surface area contributed by atoms with E-state index in [0.29, 0.717) is 5.65 Å². The van der Waals surface area contributed by atoms with E-state index < -0.39 is 5.60 Å². The number of nitrogens with two attached hydrogens (primary N) is 1. The standard InChI is InChI=1S/C18H20N6O/c19-17-22-15-14(20-10-21-15)16(23-17)24-8-5-11-3-4-12(9-13(11)24)18(25)6-1-2-7-18/h3-4,9-10,25H,1-2,5-8H2,(H3,19,20,21,22,23). The molecule has 1 aliphatic carbocycles. The molecule has 2 aliphatic rings. The first-order valence-corrected chi connectivity index (χ1v) is 8.74. The fourth-order valence-electron chi connectivity index (χ4n) is 4.17. The van der Waals surface area contributed by atoms with Gasteiger partial charge in [-0.15, -0.1) is 0 Å². The highest BCUT2D eigenvalue weighted by Crippen LogP contribution is 2.43. The third kappa shape index (κ3) is 2.19. The van der Waals surface area contributed by atoms with Gasteiger partial charge in [-0.05, 0) is 36.5 Å². The molecule has 0 amide bonds. The van der Waals surface area contributed by atoms with Gasteiger partial charge in [0, 0.05) is 12.2 Å². The number of aromatic nitrogens is 4. The lowest BCUT2D eigenvalue weighted by Crippen LogP contribution is -2.22. The van der Waals surface area contributed by atoms with Gasteiger partial charge >= 0.3 is 0 Å². The van der Waals surface area contributed by atoms with Gasteiger partial charge in [-0.3, -0.25) is 0 Å². The van der Waals surface area contributed by atoms with Crippen LogP contribution in [0.4, 0.5) is 17.5 Å². The number of imidazole rings is 1. The van der Waals surface area contributed by atoms with Crippen LogP contribution in [-0.4, -0.2) is 31.6 Å². The van der Waals surface area contributed by atoms with Gasteiger partial charge in [0.2, 0.25) is 5.95 Å². The third-order valence-electron chi connectivity index (χ3n) is 5.49. The summed E-state index contributed by atoms with van der Waals surface area (Å²) in [6, 6.07) is 6.33. The lowest BCUT2D eigenvalue weighted by molar-refractivity contribution is 0.0445. The summed E-state index contributed by atoms with van der Waals surface area (Å²) in [5, 5.41) is 11.0. The molecule has 7 heteroatoms. The number of hydrogen-bond donors (Lipinski definition) is 3. The number of rotatable bonds is 2. The van der Waals surface area contributed by atoms with Gasteiger partial charge in [0.1, 0.15) is 5.52 Å². The number of benzene rings is 1. The van der Waals surface area contributed by atoms with Gasteiger partial charge in [0.05, 0.1) is 11.9 Å². The van der Waals surface area contributed by atoms with Crippen molar-refractivity contribution in [3.63, 3.8) is 0 Å². The second-order valence-electron chi connectivity index (χ2n) is 6.99. The van der Waals surface area contributed by atoms with Crippen LogP contribution in [0.1, 0.15) is 36.8 Å². The highest BCUT2D eigenvalue weighted by atomic mass is 16.3. The molecule has 3 aromatic rings. The van der Waals surface area contributed by atoms with Crippen molar-refractivity contribution in [3.05, 3.63) is 35.7 Å². The van der Waals surface area contributed by atoms with Crippen molar-refractivity contribution < 1.29 is 5.11 Å². The average Bonchev–Trinajstić information content (AvgIpc) is 3.32. The first-order valence-electron chi connectivity index (χ1n) is 8.74. The molecule has 0 unspecified atom stereocenters. The second kappa shape index (κ2) is 5.16. The predicted molar refractivity (Wildman–Crippen MR) is 95.6 cm³/mol. The first kappa shape index (κ1) is 14.7. The van der Waals surface area contributed by atoms with Crippen LogP contribution in [-0.2, 0) is 12.0 Å². The van der Waals surface area contributed by atoms with Crippen LogP contribution in [0.2, 0.25) is 0 Å². The summed E-state index contributed by atoms with van der Waals surface area (Å²) in [4.78, 5) is 18.1. The predicted octanol–water partition coefficient (Wildman–Crippen LogP) is 2.39. The van der Waals surface area contributed by atoms with Crippen molar-refractivity contribution in [1.29, 1.82) is 0 Å². The summed E-state index contributed by atoms with van der Waals surface area (Å²) in [6.07, 6.45) is 6.36. The van der Waals surface area contributed by atoms with E-state index in [1.54, 1.807) is 6.33 Å². The van der Waals surface area contributed by atoms with E-state index in [4.69, 9.17) is 5.73 Å². The summed E-state index contributed by atoms with van der Waals surface area (Å²) in [5.41, 5.74) is 9.88. The van der Waals surface area contributed by atoms with Crippen molar-refractivity contribution in [2.45, 2.75) is 37.7 Å². The van der Waals surface area contributed by atoms with Crippen molar-refractivity contribution in [1.82, 2.24) is 19.9 Å². The molecule has 3 heterocycles. The Morgan fingerprint density at radius 3 is 2.88 bits per heavy atom. The number of nitrogens with one attached hydrogen (secondary N) is 1. The molecule has 0 bridgehead atoms. The molecule has 1 fully saturated rings. The summed E-state index contributed by atoms with van der Waals surface area (Å²) in [6.45, 7) is 0.821. The highest BCUT2D eigenvalue weighted by molar-refractivity contribution is 5.88. The van der Waals surface area contributed by atoms with E-state index in [2.05, 4.69) is 43.0 Å². The van der Waals surface area contributed by atoms with Crippen LogP contribution in [0, 0.1) is 0 Å². The summed E-state index contributed by atoms with van der Waals surface area (Å²) < 4.78 is 0. The minimum absolute atomic E-state index is 0.216. The lowest BCUT2D eigenvalue weighted by atomic mass is 9.91. The molecule has 2 aromatic heterocycles. The Bertz CT molecular complexity index is 959. The number of hydrogen-bond acceptors (Lipinski definition) is 6. The largest absolute Gasteiger partial charge is 0.385 e. The Labute approximate surface area is 144 Å². The van der Waals surface area contributed by atoms with E-state index in [-0.39, 0.29) is 5.95 Å². The molecule has 1 aromatic carbocycles. The van der Waals surface area contributed by atoms with E-state index >= 15 is 0 Å². The van der Waals surface area contributed by atoms with Gasteiger partial charge in [-0.25, -0.2) is 4.98 Å². The average molecular weight is 336 g/mol. The molecule has 128 valence electrons. The molecule has 5 rings (SSSR count). The molecule has 4 N–H and O–H groups in total. The van der Waals surface area contributed by atoms with E-state index in [0.717, 1.165) is 61.2 Å². The Hall–Kier alpha value is -2.67. The maximum Gasteiger partial charge on any atom is 0.224 e. The van der Waals surface area contributed by atoms with Crippen LogP contribution in [0.3, 0.4) is 0 Å². The van der Waals surface area contributed by atoms with Crippen molar-refractivity contribution in [3.8, 4) is 0 Å². The zero-order valence-corrected chi connectivity index (χ0v) is 13.9. The topological polar surface area (TPSA) is 104 Å². The van der Waals surface area contributed by atoms with E-state index in [1.807, 2.05) is 0 Å². The van der Waals surface area contributed by atoms with Gasteiger partial charge in [0.15, 0.2) is 11.5 Å². The van der Waals surface area contributed by atoms with E-state index in [9.17, 15) is 5.11 Å². The highest BCUT2D eigenvalue weighted by Gasteiger charge is 2.35. The molecule has 0 atom stereocenters. The molecule has 7 nitrogen and oxygen atoms in total. The number of anilines is 3. The van der Waals surface area contributed by atoms with Crippen LogP contribution in [0.5, 0.6) is 0 Å². The summed E-state index contributed by atoms with van der Waals surface area (Å²) in [7, 11) is 0. The van der Waals surface area contributed by atoms with Crippen LogP contribution < -0.4 is 10.6 Å². The first-order chi connectivity index (χ1) is 12.1. The molecule has 1 aliphatic heterocycles. The Morgan fingerprint density at radius 1 is 1.20 bits per heavy atom. The quantitative estimate of drug-likeness (QED) is 0.664. The fourth-order valence-corrected chi connectivity index (χ4v) is 4.17. The Balaban J connectivity index is 1.63. The molecule has 0 radical (unpaired) electrons. The Kier molecular flexibility index (Phi) is 3.03. The monoisotopic (exact) mass is 336 g/mol. The second-order valence-corrected chi connectivity index (χ2v) is 6.99. The summed E-state index contributed by atoms with van der Waals surface area (Å²) in [5.74, 6) is 0.961. The summed E-state index contributed by atoms with van der Waals surface area (Å²) >= 11 is 0. The molecule has 0 spiro atoms. The van der Waals surface area contributed by atoms with Crippen LogP contribution >= 0.6 is 0 Å². The van der Waals surface area contributed by atoms with Crippen molar-refractivity contribution >= 4 is 28.6 Å². The maximum absolute atomic E-state index is 11.0. The van der Waals surface area contributed by atoms with Crippen LogP contribution in [0.15, 0.2) is 24.5 Å².